The lowest BCUT2D eigenvalue weighted by atomic mass is 9.86. The summed E-state index contributed by atoms with van der Waals surface area (Å²) < 4.78 is 30.4. The molecule has 2 amide bonds. The molecule has 2 N–H and O–H groups in total. The molecule has 3 atom stereocenters. The Morgan fingerprint density at radius 1 is 1.14 bits per heavy atom. The number of halogens is 3. The minimum absolute atomic E-state index is 0.0519. The Morgan fingerprint density at radius 2 is 1.86 bits per heavy atom. The number of piperidine rings is 1. The molecular formula is C23H29BrF2N4O5. The van der Waals surface area contributed by atoms with Crippen LogP contribution in [0.25, 0.3) is 0 Å². The van der Waals surface area contributed by atoms with Gasteiger partial charge < -0.3 is 20.2 Å². The zero-order chi connectivity index (χ0) is 25.3. The number of amides is 2. The van der Waals surface area contributed by atoms with E-state index in [2.05, 4.69) is 21.2 Å². The zero-order valence-electron chi connectivity index (χ0n) is 19.2. The smallest absolute Gasteiger partial charge is 0.294 e. The van der Waals surface area contributed by atoms with Crippen LogP contribution in [-0.4, -0.2) is 75.9 Å². The Kier molecular flexibility index (Phi) is 7.60. The van der Waals surface area contributed by atoms with E-state index in [1.54, 1.807) is 4.90 Å². The summed E-state index contributed by atoms with van der Waals surface area (Å²) in [6.07, 6.45) is 3.97. The van der Waals surface area contributed by atoms with E-state index in [0.29, 0.717) is 36.8 Å². The maximum absolute atomic E-state index is 15.1. The first-order valence-corrected chi connectivity index (χ1v) is 12.7. The number of carbonyl (C=O) groups excluding carboxylic acids is 2. The van der Waals surface area contributed by atoms with E-state index in [4.69, 9.17) is 0 Å². The van der Waals surface area contributed by atoms with Gasteiger partial charge in [-0.15, -0.1) is 0 Å². The van der Waals surface area contributed by atoms with Crippen LogP contribution < -0.4 is 5.32 Å². The first kappa shape index (κ1) is 25.7. The summed E-state index contributed by atoms with van der Waals surface area (Å²) in [7, 11) is 0. The number of hydrogen-bond donors (Lipinski definition) is 2. The number of rotatable bonds is 5. The third kappa shape index (κ3) is 5.58. The molecule has 0 radical (unpaired) electrons. The molecule has 1 aromatic carbocycles. The van der Waals surface area contributed by atoms with Gasteiger partial charge in [0, 0.05) is 36.1 Å². The van der Waals surface area contributed by atoms with E-state index in [-0.39, 0.29) is 24.2 Å². The summed E-state index contributed by atoms with van der Waals surface area (Å²) in [6.45, 7) is -0.194. The molecule has 2 aliphatic heterocycles. The number of hydrogen-bond acceptors (Lipinski definition) is 6. The number of nitrogens with one attached hydrogen (secondary N) is 1. The summed E-state index contributed by atoms with van der Waals surface area (Å²) >= 11 is 3.20. The van der Waals surface area contributed by atoms with Crippen LogP contribution in [0.15, 0.2) is 16.6 Å². The molecule has 12 heteroatoms. The molecule has 192 valence electrons. The van der Waals surface area contributed by atoms with Crippen molar-refractivity contribution in [3.63, 3.8) is 0 Å². The van der Waals surface area contributed by atoms with E-state index in [1.807, 2.05) is 0 Å². The number of aliphatic hydroxyl groups excluding tert-OH is 1. The Bertz CT molecular complexity index is 1000. The van der Waals surface area contributed by atoms with E-state index in [1.165, 1.54) is 12.1 Å². The molecule has 1 saturated carbocycles. The quantitative estimate of drug-likeness (QED) is 0.419. The van der Waals surface area contributed by atoms with Gasteiger partial charge in [0.2, 0.25) is 5.91 Å². The van der Waals surface area contributed by atoms with Crippen molar-refractivity contribution >= 4 is 39.1 Å². The molecule has 3 aliphatic rings. The van der Waals surface area contributed by atoms with Gasteiger partial charge in [-0.3, -0.25) is 19.7 Å². The molecule has 35 heavy (non-hydrogen) atoms. The number of nitrogens with zero attached hydrogens (tertiary/aromatic N) is 3. The van der Waals surface area contributed by atoms with Crippen LogP contribution in [0.5, 0.6) is 0 Å². The Labute approximate surface area is 210 Å². The molecule has 3 fully saturated rings. The fourth-order valence-electron chi connectivity index (χ4n) is 5.25. The van der Waals surface area contributed by atoms with Crippen molar-refractivity contribution in [2.45, 2.75) is 63.0 Å². The maximum atomic E-state index is 15.1. The highest BCUT2D eigenvalue weighted by atomic mass is 79.9. The van der Waals surface area contributed by atoms with Crippen LogP contribution in [0, 0.1) is 16.0 Å². The predicted molar refractivity (Wildman–Crippen MR) is 127 cm³/mol. The summed E-state index contributed by atoms with van der Waals surface area (Å²) in [6, 6.07) is 0.980. The molecular weight excluding hydrogens is 530 g/mol. The molecule has 0 spiro atoms. The van der Waals surface area contributed by atoms with Crippen molar-refractivity contribution in [1.29, 1.82) is 0 Å². The van der Waals surface area contributed by atoms with Gasteiger partial charge in [0.25, 0.3) is 17.5 Å². The summed E-state index contributed by atoms with van der Waals surface area (Å²) in [4.78, 5) is 39.9. The van der Waals surface area contributed by atoms with E-state index in [0.717, 1.165) is 24.2 Å². The van der Waals surface area contributed by atoms with Crippen molar-refractivity contribution in [2.24, 2.45) is 5.92 Å². The van der Waals surface area contributed by atoms with Gasteiger partial charge in [-0.05, 0) is 44.6 Å². The highest BCUT2D eigenvalue weighted by Crippen LogP contribution is 2.39. The van der Waals surface area contributed by atoms with Gasteiger partial charge in [-0.1, -0.05) is 22.4 Å². The summed E-state index contributed by atoms with van der Waals surface area (Å²) in [5.74, 6) is -4.79. The first-order valence-electron chi connectivity index (χ1n) is 11.9. The van der Waals surface area contributed by atoms with Gasteiger partial charge in [0.1, 0.15) is 11.7 Å². The van der Waals surface area contributed by atoms with Crippen LogP contribution in [0.1, 0.15) is 55.3 Å². The molecule has 4 rings (SSSR count). The number of aliphatic hydroxyl groups is 1. The van der Waals surface area contributed by atoms with Gasteiger partial charge >= 0.3 is 0 Å². The highest BCUT2D eigenvalue weighted by molar-refractivity contribution is 9.10. The zero-order valence-corrected chi connectivity index (χ0v) is 20.8. The molecule has 1 aromatic rings. The minimum atomic E-state index is -3.37. The highest BCUT2D eigenvalue weighted by Gasteiger charge is 2.51. The number of nitro benzene ring substituents is 1. The lowest BCUT2D eigenvalue weighted by Gasteiger charge is -2.29. The van der Waals surface area contributed by atoms with Gasteiger partial charge in [-0.25, -0.2) is 8.78 Å². The largest absolute Gasteiger partial charge is 0.393 e. The number of nitro groups is 1. The van der Waals surface area contributed by atoms with Gasteiger partial charge in [-0.2, -0.15) is 0 Å². The monoisotopic (exact) mass is 558 g/mol. The Hall–Kier alpha value is -2.34. The lowest BCUT2D eigenvalue weighted by Crippen LogP contribution is -2.40. The second-order valence-electron chi connectivity index (χ2n) is 9.65. The van der Waals surface area contributed by atoms with Crippen molar-refractivity contribution < 1.29 is 28.4 Å². The van der Waals surface area contributed by atoms with Crippen LogP contribution in [-0.2, 0) is 4.79 Å². The molecule has 1 unspecified atom stereocenters. The summed E-state index contributed by atoms with van der Waals surface area (Å²) in [5, 5.41) is 24.3. The number of carbonyl (C=O) groups is 2. The fraction of sp³-hybridized carbons (Fsp3) is 0.652. The third-order valence-electron chi connectivity index (χ3n) is 7.09. The SMILES string of the molecule is O=C(c1cc(Br)cc([N+](=O)[O-])c1N[C@H]1CN(C(=O)[C@@H]2CCCC(O)C2)CC1(F)F)N1CCCCC1. The average Bonchev–Trinajstić information content (AvgIpc) is 3.13. The van der Waals surface area contributed by atoms with Crippen LogP contribution >= 0.6 is 15.9 Å². The van der Waals surface area contributed by atoms with Gasteiger partial charge in [0.05, 0.1) is 23.1 Å². The molecule has 0 bridgehead atoms. The average molecular weight is 559 g/mol. The number of benzene rings is 1. The normalized spacial score (nSPS) is 26.5. The second kappa shape index (κ2) is 10.3. The number of anilines is 1. The van der Waals surface area contributed by atoms with E-state index in [9.17, 15) is 24.8 Å². The van der Waals surface area contributed by atoms with Crippen molar-refractivity contribution in [3.05, 3.63) is 32.3 Å². The van der Waals surface area contributed by atoms with E-state index < -0.39 is 53.0 Å². The second-order valence-corrected chi connectivity index (χ2v) is 10.6. The molecule has 0 aromatic heterocycles. The molecule has 2 saturated heterocycles. The van der Waals surface area contributed by atoms with Crippen molar-refractivity contribution in [1.82, 2.24) is 9.80 Å². The van der Waals surface area contributed by atoms with Crippen LogP contribution in [0.4, 0.5) is 20.2 Å². The lowest BCUT2D eigenvalue weighted by molar-refractivity contribution is -0.384. The molecule has 2 heterocycles. The standard InChI is InChI=1S/C23H29BrF2N4O5/c24-15-10-17(22(33)28-7-2-1-3-8-28)20(18(11-15)30(34)35)27-19-12-29(13-23(19,25)26)21(32)14-5-4-6-16(31)9-14/h10-11,14,16,19,27,31H,1-9,12-13H2/t14-,16?,19+/m1/s1. The number of likely N-dealkylation sites (tertiary alicyclic amines) is 2. The molecule has 9 nitrogen and oxygen atoms in total. The van der Waals surface area contributed by atoms with E-state index >= 15 is 8.78 Å². The first-order chi connectivity index (χ1) is 16.6. The fourth-order valence-corrected chi connectivity index (χ4v) is 5.69. The topological polar surface area (TPSA) is 116 Å². The van der Waals surface area contributed by atoms with Gasteiger partial charge in [0.15, 0.2) is 0 Å². The van der Waals surface area contributed by atoms with Crippen molar-refractivity contribution in [2.75, 3.05) is 31.5 Å². The third-order valence-corrected chi connectivity index (χ3v) is 7.55. The Balaban J connectivity index is 1.61. The number of alkyl halides is 2. The summed E-state index contributed by atoms with van der Waals surface area (Å²) in [5.41, 5.74) is -0.805. The maximum Gasteiger partial charge on any atom is 0.294 e. The van der Waals surface area contributed by atoms with Crippen molar-refractivity contribution in [3.8, 4) is 0 Å². The molecule has 1 aliphatic carbocycles. The van der Waals surface area contributed by atoms with Crippen LogP contribution in [0.2, 0.25) is 0 Å². The predicted octanol–water partition coefficient (Wildman–Crippen LogP) is 3.79. The minimum Gasteiger partial charge on any atom is -0.393 e. The van der Waals surface area contributed by atoms with Crippen LogP contribution in [0.3, 0.4) is 0 Å². The Morgan fingerprint density at radius 3 is 2.51 bits per heavy atom.